The zero-order valence-corrected chi connectivity index (χ0v) is 12.6. The molecule has 3 heterocycles. The average molecular weight is 296 g/mol. The van der Waals surface area contributed by atoms with E-state index in [4.69, 9.17) is 5.73 Å². The summed E-state index contributed by atoms with van der Waals surface area (Å²) in [6, 6.07) is 11.0. The molecule has 106 valence electrons. The van der Waals surface area contributed by atoms with Crippen molar-refractivity contribution < 1.29 is 0 Å². The zero-order valence-electron chi connectivity index (χ0n) is 11.8. The lowest BCUT2D eigenvalue weighted by Crippen LogP contribution is -2.34. The minimum atomic E-state index is 0.343. The fraction of sp³-hybridized carbons (Fsp3) is 0.250. The van der Waals surface area contributed by atoms with Crippen LogP contribution in [-0.2, 0) is 6.42 Å². The van der Waals surface area contributed by atoms with Crippen LogP contribution < -0.4 is 10.6 Å². The van der Waals surface area contributed by atoms with Crippen molar-refractivity contribution in [3.05, 3.63) is 41.3 Å². The summed E-state index contributed by atoms with van der Waals surface area (Å²) < 4.78 is 0. The van der Waals surface area contributed by atoms with Crippen molar-refractivity contribution in [2.75, 3.05) is 10.6 Å². The molecular weight excluding hydrogens is 280 g/mol. The summed E-state index contributed by atoms with van der Waals surface area (Å²) in [7, 11) is 0. The fourth-order valence-corrected chi connectivity index (χ4v) is 3.82. The van der Waals surface area contributed by atoms with Crippen LogP contribution in [0.15, 0.2) is 35.7 Å². The topological polar surface area (TPSA) is 55.0 Å². The first-order valence-corrected chi connectivity index (χ1v) is 8.00. The maximum absolute atomic E-state index is 5.91. The summed E-state index contributed by atoms with van der Waals surface area (Å²) in [5.74, 6) is 1.27. The van der Waals surface area contributed by atoms with Crippen LogP contribution in [-0.4, -0.2) is 16.0 Å². The highest BCUT2D eigenvalue weighted by Gasteiger charge is 2.27. The van der Waals surface area contributed by atoms with Crippen LogP contribution in [0.5, 0.6) is 0 Å². The van der Waals surface area contributed by atoms with Crippen molar-refractivity contribution in [2.45, 2.75) is 25.8 Å². The maximum Gasteiger partial charge on any atom is 0.223 e. The Kier molecular flexibility index (Phi) is 2.82. The van der Waals surface area contributed by atoms with E-state index in [0.29, 0.717) is 12.0 Å². The number of nitrogen functional groups attached to an aromatic ring is 1. The minimum Gasteiger partial charge on any atom is -0.368 e. The molecule has 0 fully saturated rings. The number of aryl methyl sites for hydroxylation is 1. The molecule has 3 aromatic rings. The molecule has 0 radical (unpaired) electrons. The first kappa shape index (κ1) is 12.6. The van der Waals surface area contributed by atoms with Gasteiger partial charge < -0.3 is 10.6 Å². The van der Waals surface area contributed by atoms with Crippen molar-refractivity contribution in [1.82, 2.24) is 9.97 Å². The molecule has 1 aliphatic rings. The predicted molar refractivity (Wildman–Crippen MR) is 88.2 cm³/mol. The van der Waals surface area contributed by atoms with Gasteiger partial charge in [0.1, 0.15) is 10.6 Å². The van der Waals surface area contributed by atoms with Gasteiger partial charge in [-0.05, 0) is 42.8 Å². The third kappa shape index (κ3) is 1.96. The SMILES string of the molecule is CC1CCc2ccccc2N1c1nc(N)nc2sccc12. The number of thiophene rings is 1. The Hall–Kier alpha value is -2.14. The van der Waals surface area contributed by atoms with Gasteiger partial charge in [0.05, 0.1) is 5.39 Å². The number of hydrogen-bond acceptors (Lipinski definition) is 5. The van der Waals surface area contributed by atoms with Crippen LogP contribution in [0.1, 0.15) is 18.9 Å². The minimum absolute atomic E-state index is 0.343. The van der Waals surface area contributed by atoms with Crippen molar-refractivity contribution in [3.63, 3.8) is 0 Å². The van der Waals surface area contributed by atoms with Gasteiger partial charge in [-0.2, -0.15) is 4.98 Å². The Balaban J connectivity index is 1.97. The molecule has 0 bridgehead atoms. The van der Waals surface area contributed by atoms with Crippen LogP contribution in [0.2, 0.25) is 0 Å². The molecule has 4 nitrogen and oxygen atoms in total. The Labute approximate surface area is 127 Å². The smallest absolute Gasteiger partial charge is 0.223 e. The maximum atomic E-state index is 5.91. The second-order valence-corrected chi connectivity index (χ2v) is 6.33. The van der Waals surface area contributed by atoms with E-state index >= 15 is 0 Å². The summed E-state index contributed by atoms with van der Waals surface area (Å²) in [6.07, 6.45) is 2.23. The van der Waals surface area contributed by atoms with E-state index in [9.17, 15) is 0 Å². The molecule has 0 spiro atoms. The molecule has 1 aliphatic heterocycles. The van der Waals surface area contributed by atoms with Gasteiger partial charge in [-0.1, -0.05) is 18.2 Å². The molecular formula is C16H16N4S. The quantitative estimate of drug-likeness (QED) is 0.743. The number of nitrogens with zero attached hydrogens (tertiary/aromatic N) is 3. The average Bonchev–Trinajstić information content (AvgIpc) is 2.94. The Bertz CT molecular complexity index is 811. The number of rotatable bonds is 1. The van der Waals surface area contributed by atoms with Gasteiger partial charge in [0, 0.05) is 11.7 Å². The van der Waals surface area contributed by atoms with Gasteiger partial charge in [-0.15, -0.1) is 11.3 Å². The summed E-state index contributed by atoms with van der Waals surface area (Å²) in [4.78, 5) is 12.1. The van der Waals surface area contributed by atoms with Crippen molar-refractivity contribution >= 4 is 39.0 Å². The number of hydrogen-bond donors (Lipinski definition) is 1. The number of anilines is 3. The molecule has 0 saturated heterocycles. The second kappa shape index (κ2) is 4.70. The highest BCUT2D eigenvalue weighted by molar-refractivity contribution is 7.16. The summed E-state index contributed by atoms with van der Waals surface area (Å²) in [6.45, 7) is 2.24. The lowest BCUT2D eigenvalue weighted by molar-refractivity contribution is 0.615. The van der Waals surface area contributed by atoms with Crippen molar-refractivity contribution in [2.24, 2.45) is 0 Å². The van der Waals surface area contributed by atoms with Crippen LogP contribution in [0.4, 0.5) is 17.5 Å². The van der Waals surface area contributed by atoms with E-state index in [1.807, 2.05) is 5.38 Å². The third-order valence-electron chi connectivity index (χ3n) is 4.07. The van der Waals surface area contributed by atoms with E-state index < -0.39 is 0 Å². The molecule has 21 heavy (non-hydrogen) atoms. The third-order valence-corrected chi connectivity index (χ3v) is 4.88. The largest absolute Gasteiger partial charge is 0.368 e. The fourth-order valence-electron chi connectivity index (χ4n) is 3.05. The van der Waals surface area contributed by atoms with E-state index in [-0.39, 0.29) is 0 Å². The number of para-hydroxylation sites is 1. The first-order chi connectivity index (χ1) is 10.2. The number of fused-ring (bicyclic) bond motifs is 2. The molecule has 5 heteroatoms. The molecule has 2 N–H and O–H groups in total. The van der Waals surface area contributed by atoms with Gasteiger partial charge in [-0.3, -0.25) is 0 Å². The predicted octanol–water partition coefficient (Wildman–Crippen LogP) is 3.75. The molecule has 0 amide bonds. The highest BCUT2D eigenvalue weighted by Crippen LogP contribution is 2.39. The van der Waals surface area contributed by atoms with E-state index in [1.54, 1.807) is 11.3 Å². The van der Waals surface area contributed by atoms with Gasteiger partial charge in [0.2, 0.25) is 5.95 Å². The number of aromatic nitrogens is 2. The van der Waals surface area contributed by atoms with Crippen molar-refractivity contribution in [1.29, 1.82) is 0 Å². The van der Waals surface area contributed by atoms with Crippen LogP contribution in [0.3, 0.4) is 0 Å². The Morgan fingerprint density at radius 3 is 3.00 bits per heavy atom. The second-order valence-electron chi connectivity index (χ2n) is 5.43. The first-order valence-electron chi connectivity index (χ1n) is 7.12. The molecule has 1 atom stereocenters. The van der Waals surface area contributed by atoms with Crippen molar-refractivity contribution in [3.8, 4) is 0 Å². The zero-order chi connectivity index (χ0) is 14.4. The molecule has 2 aromatic heterocycles. The number of benzene rings is 1. The summed E-state index contributed by atoms with van der Waals surface area (Å²) >= 11 is 1.60. The highest BCUT2D eigenvalue weighted by atomic mass is 32.1. The summed E-state index contributed by atoms with van der Waals surface area (Å²) in [5, 5.41) is 3.13. The monoisotopic (exact) mass is 296 g/mol. The van der Waals surface area contributed by atoms with E-state index in [1.165, 1.54) is 11.3 Å². The Morgan fingerprint density at radius 1 is 1.24 bits per heavy atom. The lowest BCUT2D eigenvalue weighted by atomic mass is 9.96. The normalized spacial score (nSPS) is 18.0. The van der Waals surface area contributed by atoms with Crippen LogP contribution in [0, 0.1) is 0 Å². The van der Waals surface area contributed by atoms with Gasteiger partial charge in [0.15, 0.2) is 0 Å². The molecule has 1 aromatic carbocycles. The van der Waals surface area contributed by atoms with Gasteiger partial charge in [-0.25, -0.2) is 4.98 Å². The Morgan fingerprint density at radius 2 is 2.10 bits per heavy atom. The van der Waals surface area contributed by atoms with Crippen LogP contribution >= 0.6 is 11.3 Å². The molecule has 0 aliphatic carbocycles. The molecule has 4 rings (SSSR count). The standard InChI is InChI=1S/C16H16N4S/c1-10-6-7-11-4-2-3-5-13(11)20(10)14-12-8-9-21-15(12)19-16(17)18-14/h2-5,8-10H,6-7H2,1H3,(H2,17,18,19). The molecule has 1 unspecified atom stereocenters. The van der Waals surface area contributed by atoms with E-state index in [0.717, 1.165) is 28.9 Å². The van der Waals surface area contributed by atoms with Gasteiger partial charge >= 0.3 is 0 Å². The summed E-state index contributed by atoms with van der Waals surface area (Å²) in [5.41, 5.74) is 8.52. The number of nitrogens with two attached hydrogens (primary N) is 1. The van der Waals surface area contributed by atoms with Gasteiger partial charge in [0.25, 0.3) is 0 Å². The van der Waals surface area contributed by atoms with E-state index in [2.05, 4.69) is 52.1 Å². The van der Waals surface area contributed by atoms with Crippen LogP contribution in [0.25, 0.3) is 10.2 Å². The lowest BCUT2D eigenvalue weighted by Gasteiger charge is -2.36. The molecule has 0 saturated carbocycles.